The molecule has 0 aromatic rings. The predicted molar refractivity (Wildman–Crippen MR) is 58.3 cm³/mol. The lowest BCUT2D eigenvalue weighted by atomic mass is 9.81. The molecule has 3 nitrogen and oxygen atoms in total. The van der Waals surface area contributed by atoms with E-state index in [-0.39, 0.29) is 5.54 Å². The van der Waals surface area contributed by atoms with E-state index in [4.69, 9.17) is 4.74 Å². The fourth-order valence-electron chi connectivity index (χ4n) is 2.31. The van der Waals surface area contributed by atoms with Crippen molar-refractivity contribution < 1.29 is 4.74 Å². The average molecular weight is 208 g/mol. The number of rotatable bonds is 4. The summed E-state index contributed by atoms with van der Waals surface area (Å²) in [5.41, 5.74) is -0.252. The van der Waals surface area contributed by atoms with Gasteiger partial charge in [0.25, 0.3) is 0 Å². The maximum Gasteiger partial charge on any atom is 0.106 e. The second-order valence-electron chi connectivity index (χ2n) is 4.95. The third kappa shape index (κ3) is 2.70. The minimum atomic E-state index is -0.252. The molecule has 3 heteroatoms. The molecule has 15 heavy (non-hydrogen) atoms. The van der Waals surface area contributed by atoms with Gasteiger partial charge < -0.3 is 4.74 Å². The summed E-state index contributed by atoms with van der Waals surface area (Å²) in [4.78, 5) is 0. The largest absolute Gasteiger partial charge is 0.381 e. The normalized spacial score (nSPS) is 36.1. The van der Waals surface area contributed by atoms with E-state index < -0.39 is 0 Å². The molecular formula is C12H20N2O. The van der Waals surface area contributed by atoms with Gasteiger partial charge in [-0.25, -0.2) is 0 Å². The first-order chi connectivity index (χ1) is 7.28. The number of nitriles is 1. The second kappa shape index (κ2) is 4.51. The van der Waals surface area contributed by atoms with Gasteiger partial charge in [-0.05, 0) is 51.0 Å². The topological polar surface area (TPSA) is 45.0 Å². The van der Waals surface area contributed by atoms with Crippen LogP contribution >= 0.6 is 0 Å². The van der Waals surface area contributed by atoms with Crippen molar-refractivity contribution in [3.05, 3.63) is 0 Å². The van der Waals surface area contributed by atoms with Crippen LogP contribution in [0.5, 0.6) is 0 Å². The van der Waals surface area contributed by atoms with Gasteiger partial charge in [0.15, 0.2) is 0 Å². The summed E-state index contributed by atoms with van der Waals surface area (Å²) in [6, 6.07) is 2.48. The molecule has 0 aromatic heterocycles. The molecule has 0 aliphatic heterocycles. The Morgan fingerprint density at radius 1 is 1.33 bits per heavy atom. The quantitative estimate of drug-likeness (QED) is 0.766. The number of ether oxygens (including phenoxy) is 1. The first kappa shape index (κ1) is 10.9. The predicted octanol–water partition coefficient (Wildman–Crippen LogP) is 1.84. The molecule has 0 amide bonds. The Morgan fingerprint density at radius 3 is 2.47 bits per heavy atom. The maximum absolute atomic E-state index is 9.28. The second-order valence-corrected chi connectivity index (χ2v) is 4.95. The fraction of sp³-hybridized carbons (Fsp3) is 0.917. The molecule has 2 aliphatic carbocycles. The minimum Gasteiger partial charge on any atom is -0.381 e. The van der Waals surface area contributed by atoms with Crippen LogP contribution in [0.2, 0.25) is 0 Å². The van der Waals surface area contributed by atoms with Crippen LogP contribution < -0.4 is 5.32 Å². The van der Waals surface area contributed by atoms with Crippen molar-refractivity contribution in [2.45, 2.75) is 50.2 Å². The van der Waals surface area contributed by atoms with Crippen molar-refractivity contribution in [2.75, 3.05) is 13.7 Å². The first-order valence-electron chi connectivity index (χ1n) is 5.97. The van der Waals surface area contributed by atoms with Crippen LogP contribution in [0, 0.1) is 17.2 Å². The summed E-state index contributed by atoms with van der Waals surface area (Å²) in [5, 5.41) is 12.8. The molecule has 0 bridgehead atoms. The van der Waals surface area contributed by atoms with Gasteiger partial charge in [-0.15, -0.1) is 0 Å². The molecule has 2 aliphatic rings. The Labute approximate surface area is 91.8 Å². The summed E-state index contributed by atoms with van der Waals surface area (Å²) < 4.78 is 5.33. The summed E-state index contributed by atoms with van der Waals surface area (Å²) in [6.45, 7) is 1.03. The highest BCUT2D eigenvalue weighted by molar-refractivity contribution is 5.10. The lowest BCUT2D eigenvalue weighted by Crippen LogP contribution is -2.48. The van der Waals surface area contributed by atoms with Crippen molar-refractivity contribution in [3.8, 4) is 6.07 Å². The average Bonchev–Trinajstić information content (AvgIpc) is 3.11. The lowest BCUT2D eigenvalue weighted by Gasteiger charge is -2.35. The Kier molecular flexibility index (Phi) is 3.28. The van der Waals surface area contributed by atoms with E-state index in [1.165, 1.54) is 12.8 Å². The van der Waals surface area contributed by atoms with Gasteiger partial charge in [0.2, 0.25) is 0 Å². The Hall–Kier alpha value is -0.590. The van der Waals surface area contributed by atoms with Crippen LogP contribution in [0.25, 0.3) is 0 Å². The molecule has 0 unspecified atom stereocenters. The maximum atomic E-state index is 9.28. The van der Waals surface area contributed by atoms with Crippen molar-refractivity contribution in [2.24, 2.45) is 5.92 Å². The molecule has 2 saturated carbocycles. The van der Waals surface area contributed by atoms with Crippen molar-refractivity contribution in [1.29, 1.82) is 5.26 Å². The zero-order valence-corrected chi connectivity index (χ0v) is 9.46. The van der Waals surface area contributed by atoms with Crippen LogP contribution in [-0.2, 0) is 4.74 Å². The molecule has 0 atom stereocenters. The van der Waals surface area contributed by atoms with E-state index in [0.717, 1.165) is 38.1 Å². The number of methoxy groups -OCH3 is 1. The third-order valence-corrected chi connectivity index (χ3v) is 3.76. The van der Waals surface area contributed by atoms with Gasteiger partial charge in [0.1, 0.15) is 5.54 Å². The van der Waals surface area contributed by atoms with Gasteiger partial charge in [-0.1, -0.05) is 0 Å². The van der Waals surface area contributed by atoms with Crippen molar-refractivity contribution in [3.63, 3.8) is 0 Å². The van der Waals surface area contributed by atoms with Gasteiger partial charge in [-0.2, -0.15) is 5.26 Å². The van der Waals surface area contributed by atoms with E-state index >= 15 is 0 Å². The number of nitrogens with zero attached hydrogens (tertiary/aromatic N) is 1. The van der Waals surface area contributed by atoms with Crippen LogP contribution in [0.3, 0.4) is 0 Å². The summed E-state index contributed by atoms with van der Waals surface area (Å²) in [7, 11) is 1.77. The Balaban J connectivity index is 1.83. The summed E-state index contributed by atoms with van der Waals surface area (Å²) in [5.74, 6) is 0.843. The fourth-order valence-corrected chi connectivity index (χ4v) is 2.31. The SMILES string of the molecule is COC1CCC(C#N)(NCC2CC2)CC1. The van der Waals surface area contributed by atoms with E-state index in [1.807, 2.05) is 0 Å². The standard InChI is InChI=1S/C12H20N2O/c1-15-11-4-6-12(9-13,7-5-11)14-8-10-2-3-10/h10-11,14H,2-8H2,1H3. The van der Waals surface area contributed by atoms with Gasteiger partial charge >= 0.3 is 0 Å². The smallest absolute Gasteiger partial charge is 0.106 e. The Bertz CT molecular complexity index is 247. The van der Waals surface area contributed by atoms with E-state index in [9.17, 15) is 5.26 Å². The van der Waals surface area contributed by atoms with Crippen molar-refractivity contribution >= 4 is 0 Å². The number of nitrogens with one attached hydrogen (secondary N) is 1. The third-order valence-electron chi connectivity index (χ3n) is 3.76. The summed E-state index contributed by atoms with van der Waals surface area (Å²) >= 11 is 0. The van der Waals surface area contributed by atoms with Crippen LogP contribution in [0.15, 0.2) is 0 Å². The molecule has 0 spiro atoms. The lowest BCUT2D eigenvalue weighted by molar-refractivity contribution is 0.0523. The number of hydrogen-bond acceptors (Lipinski definition) is 3. The molecule has 84 valence electrons. The monoisotopic (exact) mass is 208 g/mol. The highest BCUT2D eigenvalue weighted by Crippen LogP contribution is 2.32. The van der Waals surface area contributed by atoms with Crippen molar-refractivity contribution in [1.82, 2.24) is 5.32 Å². The Morgan fingerprint density at radius 2 is 2.00 bits per heavy atom. The van der Waals surface area contributed by atoms with Gasteiger partial charge in [0.05, 0.1) is 12.2 Å². The summed E-state index contributed by atoms with van der Waals surface area (Å²) in [6.07, 6.45) is 6.96. The van der Waals surface area contributed by atoms with E-state index in [1.54, 1.807) is 7.11 Å². The van der Waals surface area contributed by atoms with E-state index in [2.05, 4.69) is 11.4 Å². The molecule has 2 fully saturated rings. The highest BCUT2D eigenvalue weighted by atomic mass is 16.5. The van der Waals surface area contributed by atoms with Gasteiger partial charge in [0, 0.05) is 7.11 Å². The molecule has 2 rings (SSSR count). The van der Waals surface area contributed by atoms with Crippen LogP contribution in [0.1, 0.15) is 38.5 Å². The zero-order chi connectivity index (χ0) is 10.7. The van der Waals surface area contributed by atoms with Crippen LogP contribution in [-0.4, -0.2) is 25.3 Å². The minimum absolute atomic E-state index is 0.252. The molecule has 0 heterocycles. The van der Waals surface area contributed by atoms with E-state index in [0.29, 0.717) is 6.10 Å². The molecule has 0 saturated heterocycles. The first-order valence-corrected chi connectivity index (χ1v) is 5.97. The molecule has 0 aromatic carbocycles. The zero-order valence-electron chi connectivity index (χ0n) is 9.46. The molecule has 1 N–H and O–H groups in total. The molecular weight excluding hydrogens is 188 g/mol. The molecule has 0 radical (unpaired) electrons. The highest BCUT2D eigenvalue weighted by Gasteiger charge is 2.36. The van der Waals surface area contributed by atoms with Crippen LogP contribution in [0.4, 0.5) is 0 Å². The van der Waals surface area contributed by atoms with Gasteiger partial charge in [-0.3, -0.25) is 5.32 Å². The number of hydrogen-bond donors (Lipinski definition) is 1.